The Bertz CT molecular complexity index is 248. The molecule has 1 rings (SSSR count). The first-order chi connectivity index (χ1) is 6.15. The Morgan fingerprint density at radius 3 is 1.92 bits per heavy atom. The van der Waals surface area contributed by atoms with Gasteiger partial charge in [0.2, 0.25) is 0 Å². The molecule has 0 heterocycles. The maximum atomic E-state index is 9.56. The van der Waals surface area contributed by atoms with E-state index in [1.807, 2.05) is 19.1 Å². The van der Waals surface area contributed by atoms with Gasteiger partial charge in [-0.15, -0.1) is 0 Å². The topological polar surface area (TPSA) is 20.2 Å². The quantitative estimate of drug-likeness (QED) is 0.753. The number of hydrogen-bond acceptors (Lipinski definition) is 1. The third-order valence-corrected chi connectivity index (χ3v) is 2.37. The molecule has 1 N–H and O–H groups in total. The molecule has 72 valence electrons. The van der Waals surface area contributed by atoms with E-state index in [-0.39, 0.29) is 6.10 Å². The third-order valence-electron chi connectivity index (χ3n) is 2.37. The lowest BCUT2D eigenvalue weighted by molar-refractivity contribution is 0.173. The fourth-order valence-corrected chi connectivity index (χ4v) is 1.34. The molecule has 0 amide bonds. The first-order valence-electron chi connectivity index (χ1n) is 4.93. The Balaban J connectivity index is 2.81. The molecule has 1 atom stereocenters. The Kier molecular flexibility index (Phi) is 3.49. The molecule has 0 aliphatic heterocycles. The van der Waals surface area contributed by atoms with Crippen molar-refractivity contribution in [1.29, 1.82) is 0 Å². The Labute approximate surface area is 80.4 Å². The first kappa shape index (κ1) is 10.3. The fourth-order valence-electron chi connectivity index (χ4n) is 1.34. The van der Waals surface area contributed by atoms with Crippen molar-refractivity contribution in [3.8, 4) is 0 Å². The van der Waals surface area contributed by atoms with Gasteiger partial charge in [0.05, 0.1) is 6.10 Å². The lowest BCUT2D eigenvalue weighted by Crippen LogP contribution is -1.95. The molecule has 0 spiro atoms. The highest BCUT2D eigenvalue weighted by Gasteiger charge is 2.04. The number of rotatable bonds is 3. The predicted octanol–water partition coefficient (Wildman–Crippen LogP) is 3.25. The summed E-state index contributed by atoms with van der Waals surface area (Å²) in [6.07, 6.45) is 0.474. The monoisotopic (exact) mass is 178 g/mol. The summed E-state index contributed by atoms with van der Waals surface area (Å²) in [5.41, 5.74) is 2.35. The molecule has 0 unspecified atom stereocenters. The van der Waals surface area contributed by atoms with Crippen LogP contribution in [0.1, 0.15) is 50.3 Å². The molecule has 0 saturated carbocycles. The average molecular weight is 178 g/mol. The molecule has 0 radical (unpaired) electrons. The molecular weight excluding hydrogens is 160 g/mol. The van der Waals surface area contributed by atoms with E-state index in [1.165, 1.54) is 5.56 Å². The van der Waals surface area contributed by atoms with Crippen LogP contribution < -0.4 is 0 Å². The normalized spacial score (nSPS) is 13.3. The van der Waals surface area contributed by atoms with Crippen LogP contribution in [0.2, 0.25) is 0 Å². The zero-order valence-corrected chi connectivity index (χ0v) is 8.62. The Hall–Kier alpha value is -0.820. The second-order valence-corrected chi connectivity index (χ2v) is 3.75. The van der Waals surface area contributed by atoms with E-state index in [9.17, 15) is 5.11 Å². The number of benzene rings is 1. The van der Waals surface area contributed by atoms with Crippen molar-refractivity contribution in [3.05, 3.63) is 35.4 Å². The standard InChI is InChI=1S/C12H18O/c1-4-12(13)11-7-5-10(6-8-11)9(2)3/h5-9,12-13H,4H2,1-3H3/t12-/m0/s1. The molecular formula is C12H18O. The van der Waals surface area contributed by atoms with Crippen molar-refractivity contribution in [2.45, 2.75) is 39.2 Å². The maximum Gasteiger partial charge on any atom is 0.0787 e. The van der Waals surface area contributed by atoms with Crippen molar-refractivity contribution in [2.24, 2.45) is 0 Å². The van der Waals surface area contributed by atoms with Crippen LogP contribution in [-0.4, -0.2) is 5.11 Å². The van der Waals surface area contributed by atoms with Crippen LogP contribution in [0.15, 0.2) is 24.3 Å². The van der Waals surface area contributed by atoms with Crippen LogP contribution in [0.4, 0.5) is 0 Å². The summed E-state index contributed by atoms with van der Waals surface area (Å²) < 4.78 is 0. The lowest BCUT2D eigenvalue weighted by Gasteiger charge is -2.10. The van der Waals surface area contributed by atoms with Gasteiger partial charge in [0.1, 0.15) is 0 Å². The van der Waals surface area contributed by atoms with Crippen LogP contribution in [0, 0.1) is 0 Å². The van der Waals surface area contributed by atoms with E-state index >= 15 is 0 Å². The first-order valence-corrected chi connectivity index (χ1v) is 4.93. The van der Waals surface area contributed by atoms with Crippen molar-refractivity contribution in [3.63, 3.8) is 0 Å². The molecule has 13 heavy (non-hydrogen) atoms. The van der Waals surface area contributed by atoms with Gasteiger partial charge in [0.15, 0.2) is 0 Å². The van der Waals surface area contributed by atoms with Crippen molar-refractivity contribution >= 4 is 0 Å². The predicted molar refractivity (Wildman–Crippen MR) is 55.8 cm³/mol. The van der Waals surface area contributed by atoms with Crippen LogP contribution in [-0.2, 0) is 0 Å². The van der Waals surface area contributed by atoms with Crippen LogP contribution in [0.25, 0.3) is 0 Å². The fraction of sp³-hybridized carbons (Fsp3) is 0.500. The van der Waals surface area contributed by atoms with E-state index in [1.54, 1.807) is 0 Å². The van der Waals surface area contributed by atoms with Crippen LogP contribution in [0.5, 0.6) is 0 Å². The maximum absolute atomic E-state index is 9.56. The largest absolute Gasteiger partial charge is 0.388 e. The minimum absolute atomic E-state index is 0.304. The lowest BCUT2D eigenvalue weighted by atomic mass is 9.99. The summed E-state index contributed by atoms with van der Waals surface area (Å²) in [7, 11) is 0. The highest BCUT2D eigenvalue weighted by atomic mass is 16.3. The molecule has 1 aromatic carbocycles. The second kappa shape index (κ2) is 4.43. The SMILES string of the molecule is CC[C@H](O)c1ccc(C(C)C)cc1. The summed E-state index contributed by atoms with van der Waals surface area (Å²) in [5.74, 6) is 0.563. The smallest absolute Gasteiger partial charge is 0.0787 e. The molecule has 1 nitrogen and oxygen atoms in total. The van der Waals surface area contributed by atoms with Gasteiger partial charge in [-0.3, -0.25) is 0 Å². The number of hydrogen-bond donors (Lipinski definition) is 1. The molecule has 1 aromatic rings. The van der Waals surface area contributed by atoms with E-state index in [0.29, 0.717) is 5.92 Å². The van der Waals surface area contributed by atoms with Crippen molar-refractivity contribution < 1.29 is 5.11 Å². The summed E-state index contributed by atoms with van der Waals surface area (Å²) in [4.78, 5) is 0. The third kappa shape index (κ3) is 2.56. The summed E-state index contributed by atoms with van der Waals surface area (Å²) >= 11 is 0. The van der Waals surface area contributed by atoms with Crippen LogP contribution in [0.3, 0.4) is 0 Å². The van der Waals surface area contributed by atoms with Gasteiger partial charge in [-0.2, -0.15) is 0 Å². The summed E-state index contributed by atoms with van der Waals surface area (Å²) in [6, 6.07) is 8.23. The van der Waals surface area contributed by atoms with E-state index in [2.05, 4.69) is 26.0 Å². The van der Waals surface area contributed by atoms with Gasteiger partial charge in [0.25, 0.3) is 0 Å². The zero-order valence-electron chi connectivity index (χ0n) is 8.62. The van der Waals surface area contributed by atoms with E-state index < -0.39 is 0 Å². The summed E-state index contributed by atoms with van der Waals surface area (Å²) in [5, 5.41) is 9.56. The van der Waals surface area contributed by atoms with Gasteiger partial charge in [-0.25, -0.2) is 0 Å². The zero-order chi connectivity index (χ0) is 9.84. The van der Waals surface area contributed by atoms with Crippen LogP contribution >= 0.6 is 0 Å². The van der Waals surface area contributed by atoms with Gasteiger partial charge in [-0.05, 0) is 23.5 Å². The molecule has 0 aliphatic carbocycles. The van der Waals surface area contributed by atoms with Gasteiger partial charge in [0, 0.05) is 0 Å². The van der Waals surface area contributed by atoms with Gasteiger partial charge in [-0.1, -0.05) is 45.0 Å². The van der Waals surface area contributed by atoms with Crippen molar-refractivity contribution in [1.82, 2.24) is 0 Å². The number of aliphatic hydroxyl groups is 1. The molecule has 0 aromatic heterocycles. The minimum atomic E-state index is -0.304. The highest BCUT2D eigenvalue weighted by Crippen LogP contribution is 2.20. The molecule has 0 bridgehead atoms. The second-order valence-electron chi connectivity index (χ2n) is 3.75. The number of aliphatic hydroxyl groups excluding tert-OH is 1. The molecule has 0 saturated heterocycles. The molecule has 1 heteroatoms. The molecule has 0 aliphatic rings. The van der Waals surface area contributed by atoms with E-state index in [0.717, 1.165) is 12.0 Å². The van der Waals surface area contributed by atoms with Gasteiger partial charge >= 0.3 is 0 Å². The van der Waals surface area contributed by atoms with Crippen molar-refractivity contribution in [2.75, 3.05) is 0 Å². The highest BCUT2D eigenvalue weighted by molar-refractivity contribution is 5.25. The molecule has 0 fully saturated rings. The summed E-state index contributed by atoms with van der Waals surface area (Å²) in [6.45, 7) is 6.33. The Morgan fingerprint density at radius 2 is 1.54 bits per heavy atom. The van der Waals surface area contributed by atoms with E-state index in [4.69, 9.17) is 0 Å². The minimum Gasteiger partial charge on any atom is -0.388 e. The average Bonchev–Trinajstić information content (AvgIpc) is 2.17. The van der Waals surface area contributed by atoms with Gasteiger partial charge < -0.3 is 5.11 Å². The Morgan fingerprint density at radius 1 is 1.08 bits per heavy atom.